The Morgan fingerprint density at radius 3 is 2.21 bits per heavy atom. The van der Waals surface area contributed by atoms with E-state index >= 15 is 0 Å². The summed E-state index contributed by atoms with van der Waals surface area (Å²) in [5.74, 6) is -0.448. The average Bonchev–Trinajstić information content (AvgIpc) is 2.50. The van der Waals surface area contributed by atoms with Crippen LogP contribution in [0.25, 0.3) is 0 Å². The molecule has 1 rings (SSSR count). The summed E-state index contributed by atoms with van der Waals surface area (Å²) in [6.45, 7) is -1.82. The number of ether oxygens (including phenoxy) is 1. The van der Waals surface area contributed by atoms with E-state index in [1.54, 1.807) is 0 Å². The Morgan fingerprint density at radius 1 is 1.12 bits per heavy atom. The number of nitrogens with zero attached hydrogens (tertiary/aromatic N) is 2. The monoisotopic (exact) mass is 347 g/mol. The van der Waals surface area contributed by atoms with Gasteiger partial charge < -0.3 is 19.9 Å². The molecular formula is C15H20F3N3O3. The number of hydrogen-bond acceptors (Lipinski definition) is 4. The Hall–Kier alpha value is -2.45. The molecule has 134 valence electrons. The number of alkyl carbamates (subject to hydrolysis) is 1. The van der Waals surface area contributed by atoms with Crippen LogP contribution >= 0.6 is 0 Å². The van der Waals surface area contributed by atoms with E-state index < -0.39 is 31.3 Å². The molecule has 9 heteroatoms. The first-order valence-electron chi connectivity index (χ1n) is 7.06. The minimum Gasteiger partial charge on any atom is -0.440 e. The maximum absolute atomic E-state index is 11.9. The summed E-state index contributed by atoms with van der Waals surface area (Å²) in [4.78, 5) is 26.2. The van der Waals surface area contributed by atoms with Crippen molar-refractivity contribution in [1.29, 1.82) is 0 Å². The fourth-order valence-electron chi connectivity index (χ4n) is 1.74. The number of hydrogen-bond donors (Lipinski definition) is 1. The second-order valence-electron chi connectivity index (χ2n) is 5.36. The third-order valence-electron chi connectivity index (χ3n) is 3.05. The van der Waals surface area contributed by atoms with Crippen molar-refractivity contribution in [1.82, 2.24) is 10.2 Å². The molecule has 0 fully saturated rings. The van der Waals surface area contributed by atoms with Crippen molar-refractivity contribution >= 4 is 17.7 Å². The molecule has 0 aliphatic carbocycles. The lowest BCUT2D eigenvalue weighted by Gasteiger charge is -2.18. The summed E-state index contributed by atoms with van der Waals surface area (Å²) in [5.41, 5.74) is 1.90. The van der Waals surface area contributed by atoms with Gasteiger partial charge in [0.1, 0.15) is 6.54 Å². The zero-order chi connectivity index (χ0) is 18.3. The Kier molecular flexibility index (Phi) is 6.87. The topological polar surface area (TPSA) is 61.9 Å². The largest absolute Gasteiger partial charge is 0.440 e. The van der Waals surface area contributed by atoms with E-state index in [0.717, 1.165) is 11.3 Å². The van der Waals surface area contributed by atoms with Crippen molar-refractivity contribution in [2.45, 2.75) is 12.7 Å². The number of anilines is 1. The molecule has 1 aromatic rings. The second kappa shape index (κ2) is 8.42. The molecule has 0 saturated heterocycles. The number of rotatable bonds is 6. The van der Waals surface area contributed by atoms with Crippen LogP contribution < -0.4 is 10.2 Å². The first-order chi connectivity index (χ1) is 11.1. The third-order valence-corrected chi connectivity index (χ3v) is 3.05. The van der Waals surface area contributed by atoms with Crippen molar-refractivity contribution in [2.24, 2.45) is 0 Å². The SMILES string of the molecule is CN(Cc1ccc(N(C)C)cc1)C(=O)CNC(=O)OCC(F)(F)F. The first kappa shape index (κ1) is 19.6. The van der Waals surface area contributed by atoms with Crippen molar-refractivity contribution in [3.63, 3.8) is 0 Å². The van der Waals surface area contributed by atoms with Crippen LogP contribution in [0.5, 0.6) is 0 Å². The molecule has 0 aliphatic rings. The number of carbonyl (C=O) groups is 2. The maximum Gasteiger partial charge on any atom is 0.422 e. The highest BCUT2D eigenvalue weighted by molar-refractivity contribution is 5.82. The lowest BCUT2D eigenvalue weighted by Crippen LogP contribution is -2.38. The third kappa shape index (κ3) is 7.21. The number of amides is 2. The van der Waals surface area contributed by atoms with Gasteiger partial charge in [0, 0.05) is 33.4 Å². The van der Waals surface area contributed by atoms with E-state index in [1.165, 1.54) is 11.9 Å². The van der Waals surface area contributed by atoms with E-state index in [0.29, 0.717) is 6.54 Å². The Balaban J connectivity index is 2.40. The van der Waals surface area contributed by atoms with Crippen LogP contribution in [-0.2, 0) is 16.1 Å². The van der Waals surface area contributed by atoms with E-state index in [2.05, 4.69) is 4.74 Å². The normalized spacial score (nSPS) is 10.9. The fraction of sp³-hybridized carbons (Fsp3) is 0.467. The quantitative estimate of drug-likeness (QED) is 0.855. The predicted molar refractivity (Wildman–Crippen MR) is 82.6 cm³/mol. The summed E-state index contributed by atoms with van der Waals surface area (Å²) in [6.07, 6.45) is -5.89. The van der Waals surface area contributed by atoms with Gasteiger partial charge in [-0.3, -0.25) is 4.79 Å². The lowest BCUT2D eigenvalue weighted by molar-refractivity contribution is -0.160. The molecule has 6 nitrogen and oxygen atoms in total. The highest BCUT2D eigenvalue weighted by atomic mass is 19.4. The summed E-state index contributed by atoms with van der Waals surface area (Å²) in [7, 11) is 5.35. The number of alkyl halides is 3. The molecule has 0 unspecified atom stereocenters. The van der Waals surface area contributed by atoms with Crippen LogP contribution in [0.2, 0.25) is 0 Å². The van der Waals surface area contributed by atoms with E-state index in [9.17, 15) is 22.8 Å². The summed E-state index contributed by atoms with van der Waals surface area (Å²) in [6, 6.07) is 7.54. The molecule has 0 atom stereocenters. The van der Waals surface area contributed by atoms with Gasteiger partial charge in [-0.1, -0.05) is 12.1 Å². The molecule has 0 aliphatic heterocycles. The van der Waals surface area contributed by atoms with Crippen molar-refractivity contribution in [3.05, 3.63) is 29.8 Å². The summed E-state index contributed by atoms with van der Waals surface area (Å²) >= 11 is 0. The van der Waals surface area contributed by atoms with Crippen molar-refractivity contribution < 1.29 is 27.5 Å². The Labute approximate surface area is 138 Å². The zero-order valence-electron chi connectivity index (χ0n) is 13.7. The van der Waals surface area contributed by atoms with Gasteiger partial charge in [0.05, 0.1) is 0 Å². The van der Waals surface area contributed by atoms with Gasteiger partial charge in [-0.2, -0.15) is 13.2 Å². The molecule has 0 heterocycles. The van der Waals surface area contributed by atoms with Crippen LogP contribution in [0.1, 0.15) is 5.56 Å². The minimum absolute atomic E-state index is 0.311. The smallest absolute Gasteiger partial charge is 0.422 e. The fourth-order valence-corrected chi connectivity index (χ4v) is 1.74. The van der Waals surface area contributed by atoms with E-state index in [-0.39, 0.29) is 0 Å². The van der Waals surface area contributed by atoms with Crippen LogP contribution in [-0.4, -0.2) is 57.4 Å². The van der Waals surface area contributed by atoms with Gasteiger partial charge in [-0.05, 0) is 17.7 Å². The number of halogens is 3. The van der Waals surface area contributed by atoms with Crippen LogP contribution in [0.4, 0.5) is 23.7 Å². The molecule has 2 amide bonds. The number of carbonyl (C=O) groups excluding carboxylic acids is 2. The highest BCUT2D eigenvalue weighted by Crippen LogP contribution is 2.14. The number of benzene rings is 1. The van der Waals surface area contributed by atoms with Gasteiger partial charge in [-0.15, -0.1) is 0 Å². The van der Waals surface area contributed by atoms with Gasteiger partial charge in [-0.25, -0.2) is 4.79 Å². The molecular weight excluding hydrogens is 327 g/mol. The molecule has 24 heavy (non-hydrogen) atoms. The molecule has 0 saturated carbocycles. The molecule has 1 aromatic carbocycles. The van der Waals surface area contributed by atoms with Gasteiger partial charge >= 0.3 is 12.3 Å². The highest BCUT2D eigenvalue weighted by Gasteiger charge is 2.29. The van der Waals surface area contributed by atoms with Crippen molar-refractivity contribution in [2.75, 3.05) is 39.2 Å². The van der Waals surface area contributed by atoms with Gasteiger partial charge in [0.2, 0.25) is 5.91 Å². The van der Waals surface area contributed by atoms with Crippen LogP contribution in [0.3, 0.4) is 0 Å². The predicted octanol–water partition coefficient (Wildman–Crippen LogP) is 2.00. The lowest BCUT2D eigenvalue weighted by atomic mass is 10.2. The van der Waals surface area contributed by atoms with Crippen LogP contribution in [0, 0.1) is 0 Å². The maximum atomic E-state index is 11.9. The number of nitrogens with one attached hydrogen (secondary N) is 1. The molecule has 0 radical (unpaired) electrons. The first-order valence-corrected chi connectivity index (χ1v) is 7.06. The zero-order valence-corrected chi connectivity index (χ0v) is 13.7. The molecule has 0 bridgehead atoms. The molecule has 0 spiro atoms. The van der Waals surface area contributed by atoms with Gasteiger partial charge in [0.25, 0.3) is 0 Å². The van der Waals surface area contributed by atoms with Crippen molar-refractivity contribution in [3.8, 4) is 0 Å². The summed E-state index contributed by atoms with van der Waals surface area (Å²) in [5, 5.41) is 1.99. The molecule has 0 aromatic heterocycles. The second-order valence-corrected chi connectivity index (χ2v) is 5.36. The molecule has 1 N–H and O–H groups in total. The van der Waals surface area contributed by atoms with E-state index in [4.69, 9.17) is 0 Å². The van der Waals surface area contributed by atoms with E-state index in [1.807, 2.05) is 48.6 Å². The van der Waals surface area contributed by atoms with Crippen LogP contribution in [0.15, 0.2) is 24.3 Å². The average molecular weight is 347 g/mol. The minimum atomic E-state index is -4.60. The van der Waals surface area contributed by atoms with Gasteiger partial charge in [0.15, 0.2) is 6.61 Å². The summed E-state index contributed by atoms with van der Waals surface area (Å²) < 4.78 is 39.6. The number of likely N-dealkylation sites (N-methyl/N-ethyl adjacent to an activating group) is 1. The standard InChI is InChI=1S/C15H20F3N3O3/c1-20(2)12-6-4-11(5-7-12)9-21(3)13(22)8-19-14(23)24-10-15(16,17)18/h4-7H,8-10H2,1-3H3,(H,19,23). The Morgan fingerprint density at radius 2 is 1.71 bits per heavy atom. The Bertz CT molecular complexity index is 559.